The summed E-state index contributed by atoms with van der Waals surface area (Å²) in [6, 6.07) is 10.3. The monoisotopic (exact) mass is 207 g/mol. The van der Waals surface area contributed by atoms with Gasteiger partial charge in [-0.05, 0) is 17.7 Å². The Kier molecular flexibility index (Phi) is 1.36. The summed E-state index contributed by atoms with van der Waals surface area (Å²) in [5.74, 6) is 1.13. The van der Waals surface area contributed by atoms with Gasteiger partial charge in [0.1, 0.15) is 11.3 Å². The van der Waals surface area contributed by atoms with E-state index in [1.54, 1.807) is 0 Å². The van der Waals surface area contributed by atoms with E-state index in [1.807, 2.05) is 18.3 Å². The van der Waals surface area contributed by atoms with Crippen LogP contribution in [0.1, 0.15) is 11.5 Å². The van der Waals surface area contributed by atoms with Gasteiger partial charge < -0.3 is 4.98 Å². The van der Waals surface area contributed by atoms with Crippen LogP contribution in [-0.2, 0) is 0 Å². The van der Waals surface area contributed by atoms with E-state index in [0.29, 0.717) is 0 Å². The highest BCUT2D eigenvalue weighted by atomic mass is 15.0. The van der Waals surface area contributed by atoms with E-state index in [1.165, 1.54) is 10.8 Å². The second kappa shape index (κ2) is 2.70. The minimum absolute atomic E-state index is 0.236. The first-order valence-corrected chi connectivity index (χ1v) is 5.33. The van der Waals surface area contributed by atoms with Crippen molar-refractivity contribution in [3.63, 3.8) is 0 Å². The van der Waals surface area contributed by atoms with Crippen LogP contribution in [0.15, 0.2) is 46.5 Å². The predicted molar refractivity (Wildman–Crippen MR) is 62.3 cm³/mol. The Bertz CT molecular complexity index is 722. The third kappa shape index (κ3) is 0.922. The number of benzene rings is 1. The summed E-state index contributed by atoms with van der Waals surface area (Å²) >= 11 is 0. The number of hydrogen-bond donors (Lipinski definition) is 1. The summed E-state index contributed by atoms with van der Waals surface area (Å²) in [6.07, 6.45) is 4.14. The summed E-state index contributed by atoms with van der Waals surface area (Å²) in [5, 5.41) is 1.17. The van der Waals surface area contributed by atoms with E-state index < -0.39 is 0 Å². The molecule has 0 bridgehead atoms. The second-order valence-electron chi connectivity index (χ2n) is 4.07. The fourth-order valence-corrected chi connectivity index (χ4v) is 2.34. The van der Waals surface area contributed by atoms with E-state index >= 15 is 0 Å². The smallest absolute Gasteiger partial charge is 0.142 e. The zero-order valence-corrected chi connectivity index (χ0v) is 8.51. The molecule has 3 heteroatoms. The molecule has 0 amide bonds. The van der Waals surface area contributed by atoms with Crippen molar-refractivity contribution in [2.24, 2.45) is 9.98 Å². The van der Waals surface area contributed by atoms with Crippen LogP contribution < -0.4 is 10.7 Å². The summed E-state index contributed by atoms with van der Waals surface area (Å²) in [6.45, 7) is 0. The molecule has 3 nitrogen and oxygen atoms in total. The molecule has 1 aromatic heterocycles. The van der Waals surface area contributed by atoms with Crippen LogP contribution >= 0.6 is 0 Å². The Balaban J connectivity index is 2.05. The predicted octanol–water partition coefficient (Wildman–Crippen LogP) is 1.26. The zero-order chi connectivity index (χ0) is 10.5. The maximum absolute atomic E-state index is 4.55. The van der Waals surface area contributed by atoms with E-state index in [0.717, 1.165) is 17.0 Å². The molecular formula is C13H9N3. The van der Waals surface area contributed by atoms with Gasteiger partial charge in [-0.2, -0.15) is 0 Å². The van der Waals surface area contributed by atoms with Crippen LogP contribution in [-0.4, -0.2) is 10.8 Å². The van der Waals surface area contributed by atoms with Crippen LogP contribution in [0, 0.1) is 0 Å². The lowest BCUT2D eigenvalue weighted by molar-refractivity contribution is 1.11. The lowest BCUT2D eigenvalue weighted by atomic mass is 9.97. The van der Waals surface area contributed by atoms with Crippen molar-refractivity contribution in [2.75, 3.05) is 0 Å². The number of nitrogens with zero attached hydrogens (tertiary/aromatic N) is 2. The number of nitrogens with one attached hydrogen (secondary N) is 1. The molecule has 1 N–H and O–H groups in total. The van der Waals surface area contributed by atoms with Gasteiger partial charge in [-0.1, -0.05) is 24.3 Å². The third-order valence-electron chi connectivity index (χ3n) is 3.11. The van der Waals surface area contributed by atoms with Crippen molar-refractivity contribution in [2.45, 2.75) is 5.92 Å². The number of fused-ring (bicyclic) bond motifs is 4. The van der Waals surface area contributed by atoms with Gasteiger partial charge in [-0.25, -0.2) is 9.98 Å². The van der Waals surface area contributed by atoms with Crippen molar-refractivity contribution < 1.29 is 0 Å². The topological polar surface area (TPSA) is 40.5 Å². The largest absolute Gasteiger partial charge is 0.346 e. The van der Waals surface area contributed by atoms with Crippen molar-refractivity contribution in [3.8, 4) is 0 Å². The summed E-state index contributed by atoms with van der Waals surface area (Å²) < 4.78 is 0. The first-order valence-electron chi connectivity index (χ1n) is 5.33. The quantitative estimate of drug-likeness (QED) is 0.675. The van der Waals surface area contributed by atoms with E-state index in [-0.39, 0.29) is 5.92 Å². The minimum Gasteiger partial charge on any atom is -0.346 e. The van der Waals surface area contributed by atoms with Crippen LogP contribution in [0.3, 0.4) is 0 Å². The highest BCUT2D eigenvalue weighted by molar-refractivity contribution is 6.02. The fraction of sp³-hybridized carbons (Fsp3) is 0.0769. The zero-order valence-electron chi connectivity index (χ0n) is 8.51. The Morgan fingerprint density at radius 2 is 2.00 bits per heavy atom. The molecule has 0 saturated heterocycles. The Morgan fingerprint density at radius 1 is 1.06 bits per heavy atom. The number of H-pyrrole nitrogens is 1. The lowest BCUT2D eigenvalue weighted by Gasteiger charge is -2.08. The number of rotatable bonds is 0. The number of para-hydroxylation sites is 1. The van der Waals surface area contributed by atoms with Gasteiger partial charge in [0.15, 0.2) is 0 Å². The van der Waals surface area contributed by atoms with Crippen molar-refractivity contribution in [1.82, 2.24) is 4.98 Å². The van der Waals surface area contributed by atoms with Crippen LogP contribution in [0.4, 0.5) is 5.69 Å². The second-order valence-corrected chi connectivity index (χ2v) is 4.07. The van der Waals surface area contributed by atoms with E-state index in [9.17, 15) is 0 Å². The number of aromatic nitrogens is 1. The van der Waals surface area contributed by atoms with Crippen LogP contribution in [0.2, 0.25) is 0 Å². The first-order chi connectivity index (χ1) is 7.92. The van der Waals surface area contributed by atoms with Gasteiger partial charge in [-0.3, -0.25) is 0 Å². The van der Waals surface area contributed by atoms with Crippen LogP contribution in [0.5, 0.6) is 0 Å². The molecule has 2 aliphatic rings. The minimum atomic E-state index is 0.236. The standard InChI is InChI=1S/C13H9N3/c1-2-4-11-9(3-1)10-7-8-5-6-14-12(8)16-13(10)15-11/h1-7,10H,(H,14,15,16). The van der Waals surface area contributed by atoms with E-state index in [4.69, 9.17) is 0 Å². The normalized spacial score (nSPS) is 20.0. The molecule has 76 valence electrons. The Labute approximate surface area is 91.9 Å². The molecule has 4 rings (SSSR count). The summed E-state index contributed by atoms with van der Waals surface area (Å²) in [7, 11) is 0. The molecular weight excluding hydrogens is 198 g/mol. The van der Waals surface area contributed by atoms with E-state index in [2.05, 4.69) is 39.2 Å². The molecule has 16 heavy (non-hydrogen) atoms. The van der Waals surface area contributed by atoms with Gasteiger partial charge in [0.05, 0.1) is 11.6 Å². The van der Waals surface area contributed by atoms with Crippen molar-refractivity contribution in [1.29, 1.82) is 0 Å². The maximum atomic E-state index is 4.55. The average Bonchev–Trinajstić information content (AvgIpc) is 2.88. The molecule has 0 fully saturated rings. The average molecular weight is 207 g/mol. The van der Waals surface area contributed by atoms with Gasteiger partial charge in [0.25, 0.3) is 0 Å². The number of aromatic amines is 1. The molecule has 2 aliphatic heterocycles. The molecule has 1 unspecified atom stereocenters. The van der Waals surface area contributed by atoms with Gasteiger partial charge in [-0.15, -0.1) is 0 Å². The van der Waals surface area contributed by atoms with Crippen molar-refractivity contribution >= 4 is 17.6 Å². The fourth-order valence-electron chi connectivity index (χ4n) is 2.34. The molecule has 0 spiro atoms. The maximum Gasteiger partial charge on any atom is 0.142 e. The highest BCUT2D eigenvalue weighted by Gasteiger charge is 2.26. The SMILES string of the molecule is C1=c2cc[nH]c2=NC2=Nc3ccccc3C12. The number of aliphatic imine (C=N–C) groups is 1. The van der Waals surface area contributed by atoms with Gasteiger partial charge in [0, 0.05) is 11.4 Å². The molecule has 1 aromatic carbocycles. The molecule has 2 aromatic rings. The Hall–Kier alpha value is -2.16. The van der Waals surface area contributed by atoms with Gasteiger partial charge >= 0.3 is 0 Å². The lowest BCUT2D eigenvalue weighted by Crippen LogP contribution is -2.30. The van der Waals surface area contributed by atoms with Crippen molar-refractivity contribution in [3.05, 3.63) is 52.8 Å². The molecule has 0 aliphatic carbocycles. The van der Waals surface area contributed by atoms with Gasteiger partial charge in [0.2, 0.25) is 0 Å². The summed E-state index contributed by atoms with van der Waals surface area (Å²) in [4.78, 5) is 12.2. The molecule has 1 atom stereocenters. The summed E-state index contributed by atoms with van der Waals surface area (Å²) in [5.41, 5.74) is 3.23. The number of amidine groups is 1. The first kappa shape index (κ1) is 8.05. The van der Waals surface area contributed by atoms with Crippen LogP contribution in [0.25, 0.3) is 6.08 Å². The molecule has 0 radical (unpaired) electrons. The third-order valence-corrected chi connectivity index (χ3v) is 3.11. The molecule has 0 saturated carbocycles. The number of hydrogen-bond acceptors (Lipinski definition) is 2. The Morgan fingerprint density at radius 3 is 3.00 bits per heavy atom. The highest BCUT2D eigenvalue weighted by Crippen LogP contribution is 2.36. The molecule has 3 heterocycles.